The zero-order chi connectivity index (χ0) is 14.0. The molecule has 0 N–H and O–H groups in total. The van der Waals surface area contributed by atoms with Gasteiger partial charge in [-0.2, -0.15) is 0 Å². The van der Waals surface area contributed by atoms with E-state index >= 15 is 0 Å². The van der Waals surface area contributed by atoms with E-state index in [0.717, 1.165) is 4.90 Å². The minimum absolute atomic E-state index is 0.0746. The number of benzene rings is 1. The number of likely N-dealkylation sites (tertiary alicyclic amines) is 1. The molecule has 2 amide bonds. The van der Waals surface area contributed by atoms with Gasteiger partial charge in [-0.05, 0) is 34.0 Å². The molecular formula is C12H11BrN2O4. The van der Waals surface area contributed by atoms with Crippen LogP contribution < -0.4 is 0 Å². The lowest BCUT2D eigenvalue weighted by molar-refractivity contribution is -0.385. The highest BCUT2D eigenvalue weighted by molar-refractivity contribution is 9.10. The van der Waals surface area contributed by atoms with E-state index in [9.17, 15) is 19.7 Å². The fourth-order valence-electron chi connectivity index (χ4n) is 1.96. The highest BCUT2D eigenvalue weighted by Gasteiger charge is 2.26. The number of imide groups is 1. The Kier molecular flexibility index (Phi) is 3.94. The smallest absolute Gasteiger partial charge is 0.278 e. The molecule has 1 aliphatic heterocycles. The number of hydrogen-bond donors (Lipinski definition) is 0. The molecule has 0 aliphatic carbocycles. The van der Waals surface area contributed by atoms with E-state index in [1.807, 2.05) is 0 Å². The van der Waals surface area contributed by atoms with Crippen LogP contribution in [0.25, 0.3) is 0 Å². The molecule has 19 heavy (non-hydrogen) atoms. The third-order valence-corrected chi connectivity index (χ3v) is 3.60. The number of rotatable bonds is 3. The zero-order valence-corrected chi connectivity index (χ0v) is 11.6. The molecule has 100 valence electrons. The number of nitrogens with zero attached hydrogens (tertiary/aromatic N) is 2. The summed E-state index contributed by atoms with van der Waals surface area (Å²) in [4.78, 5) is 34.8. The number of nitro benzene ring substituents is 1. The van der Waals surface area contributed by atoms with Gasteiger partial charge in [0.05, 0.1) is 15.9 Å². The first kappa shape index (κ1) is 13.7. The van der Waals surface area contributed by atoms with E-state index < -0.39 is 4.92 Å². The summed E-state index contributed by atoms with van der Waals surface area (Å²) < 4.78 is 0.373. The Bertz CT molecular complexity index is 543. The number of piperidine rings is 1. The normalized spacial score (nSPS) is 15.7. The fourth-order valence-corrected chi connectivity index (χ4v) is 2.35. The summed E-state index contributed by atoms with van der Waals surface area (Å²) in [5.41, 5.74) is 0.493. The lowest BCUT2D eigenvalue weighted by atomic mass is 10.1. The molecule has 0 radical (unpaired) electrons. The molecule has 1 aliphatic rings. The van der Waals surface area contributed by atoms with Crippen LogP contribution in [0.1, 0.15) is 24.8 Å². The van der Waals surface area contributed by atoms with Crippen LogP contribution in [0.3, 0.4) is 0 Å². The molecule has 0 unspecified atom stereocenters. The minimum Gasteiger partial charge on any atom is -0.278 e. The Balaban J connectivity index is 2.23. The summed E-state index contributed by atoms with van der Waals surface area (Å²) in [6.45, 7) is 0.0891. The maximum atomic E-state index is 11.7. The molecule has 1 aromatic carbocycles. The molecule has 1 fully saturated rings. The van der Waals surface area contributed by atoms with E-state index in [2.05, 4.69) is 15.9 Å². The molecule has 1 heterocycles. The van der Waals surface area contributed by atoms with E-state index in [0.29, 0.717) is 29.3 Å². The Morgan fingerprint density at radius 1 is 1.26 bits per heavy atom. The molecule has 0 saturated carbocycles. The standard InChI is InChI=1S/C12H11BrN2O4/c13-9-5-4-8(6-10(9)15(18)19)7-14-11(16)2-1-3-12(14)17/h4-6H,1-3,7H2. The Labute approximate surface area is 117 Å². The van der Waals surface area contributed by atoms with Gasteiger partial charge in [-0.15, -0.1) is 0 Å². The SMILES string of the molecule is O=C1CCCC(=O)N1Cc1ccc(Br)c([N+](=O)[O-])c1. The van der Waals surface area contributed by atoms with Crippen LogP contribution in [0.4, 0.5) is 5.69 Å². The highest BCUT2D eigenvalue weighted by atomic mass is 79.9. The first-order valence-electron chi connectivity index (χ1n) is 5.75. The van der Waals surface area contributed by atoms with Gasteiger partial charge in [0.15, 0.2) is 0 Å². The number of carbonyl (C=O) groups excluding carboxylic acids is 2. The van der Waals surface area contributed by atoms with Crippen LogP contribution >= 0.6 is 15.9 Å². The van der Waals surface area contributed by atoms with Crippen molar-refractivity contribution < 1.29 is 14.5 Å². The Hall–Kier alpha value is -1.76. The second-order valence-corrected chi connectivity index (χ2v) is 5.12. The van der Waals surface area contributed by atoms with Gasteiger partial charge in [0.25, 0.3) is 5.69 Å². The van der Waals surface area contributed by atoms with E-state index in [1.165, 1.54) is 6.07 Å². The summed E-state index contributed by atoms with van der Waals surface area (Å²) in [6.07, 6.45) is 1.28. The molecule has 2 rings (SSSR count). The van der Waals surface area contributed by atoms with Crippen LogP contribution in [-0.4, -0.2) is 21.6 Å². The van der Waals surface area contributed by atoms with Crippen molar-refractivity contribution in [1.82, 2.24) is 4.90 Å². The van der Waals surface area contributed by atoms with Crippen molar-refractivity contribution in [3.8, 4) is 0 Å². The first-order valence-corrected chi connectivity index (χ1v) is 6.54. The minimum atomic E-state index is -0.507. The van der Waals surface area contributed by atoms with Gasteiger partial charge in [-0.1, -0.05) is 6.07 Å². The molecule has 0 atom stereocenters. The van der Waals surface area contributed by atoms with Crippen molar-refractivity contribution in [3.05, 3.63) is 38.3 Å². The van der Waals surface area contributed by atoms with Gasteiger partial charge in [0, 0.05) is 18.9 Å². The van der Waals surface area contributed by atoms with Crippen molar-refractivity contribution in [1.29, 1.82) is 0 Å². The number of carbonyl (C=O) groups is 2. The molecule has 6 nitrogen and oxygen atoms in total. The lowest BCUT2D eigenvalue weighted by Crippen LogP contribution is -2.39. The third kappa shape index (κ3) is 2.98. The summed E-state index contributed by atoms with van der Waals surface area (Å²) >= 11 is 3.09. The van der Waals surface area contributed by atoms with Crippen LogP contribution in [0.5, 0.6) is 0 Å². The largest absolute Gasteiger partial charge is 0.283 e. The summed E-state index contributed by atoms with van der Waals surface area (Å²) in [7, 11) is 0. The second kappa shape index (κ2) is 5.48. The summed E-state index contributed by atoms with van der Waals surface area (Å²) in [6, 6.07) is 4.58. The number of amides is 2. The van der Waals surface area contributed by atoms with Gasteiger partial charge in [0.1, 0.15) is 0 Å². The summed E-state index contributed by atoms with van der Waals surface area (Å²) in [5.74, 6) is -0.441. The average Bonchev–Trinajstić information content (AvgIpc) is 2.35. The van der Waals surface area contributed by atoms with Crippen LogP contribution in [-0.2, 0) is 16.1 Å². The second-order valence-electron chi connectivity index (χ2n) is 4.27. The van der Waals surface area contributed by atoms with E-state index in [1.54, 1.807) is 12.1 Å². The fraction of sp³-hybridized carbons (Fsp3) is 0.333. The topological polar surface area (TPSA) is 80.5 Å². The van der Waals surface area contributed by atoms with Crippen molar-refractivity contribution in [3.63, 3.8) is 0 Å². The van der Waals surface area contributed by atoms with Gasteiger partial charge in [-0.3, -0.25) is 24.6 Å². The summed E-state index contributed by atoms with van der Waals surface area (Å²) in [5, 5.41) is 10.8. The Morgan fingerprint density at radius 3 is 2.47 bits per heavy atom. The van der Waals surface area contributed by atoms with E-state index in [4.69, 9.17) is 0 Å². The number of nitro groups is 1. The van der Waals surface area contributed by atoms with Gasteiger partial charge < -0.3 is 0 Å². The van der Waals surface area contributed by atoms with Gasteiger partial charge in [-0.25, -0.2) is 0 Å². The van der Waals surface area contributed by atoms with Gasteiger partial charge >= 0.3 is 0 Å². The van der Waals surface area contributed by atoms with Crippen molar-refractivity contribution in [2.75, 3.05) is 0 Å². The number of halogens is 1. The predicted molar refractivity (Wildman–Crippen MR) is 70.2 cm³/mol. The van der Waals surface area contributed by atoms with Crippen LogP contribution in [0, 0.1) is 10.1 Å². The van der Waals surface area contributed by atoms with Crippen LogP contribution in [0.2, 0.25) is 0 Å². The maximum absolute atomic E-state index is 11.7. The maximum Gasteiger partial charge on any atom is 0.283 e. The first-order chi connectivity index (χ1) is 8.99. The molecule has 0 bridgehead atoms. The van der Waals surface area contributed by atoms with Crippen LogP contribution in [0.15, 0.2) is 22.7 Å². The third-order valence-electron chi connectivity index (χ3n) is 2.93. The monoisotopic (exact) mass is 326 g/mol. The quantitative estimate of drug-likeness (QED) is 0.485. The molecular weight excluding hydrogens is 316 g/mol. The van der Waals surface area contributed by atoms with Gasteiger partial charge in [0.2, 0.25) is 11.8 Å². The average molecular weight is 327 g/mol. The molecule has 1 saturated heterocycles. The molecule has 0 spiro atoms. The van der Waals surface area contributed by atoms with Crippen molar-refractivity contribution >= 4 is 33.4 Å². The highest BCUT2D eigenvalue weighted by Crippen LogP contribution is 2.26. The lowest BCUT2D eigenvalue weighted by Gasteiger charge is -2.24. The zero-order valence-electron chi connectivity index (χ0n) is 9.97. The molecule has 7 heteroatoms. The van der Waals surface area contributed by atoms with Crippen molar-refractivity contribution in [2.24, 2.45) is 0 Å². The number of hydrogen-bond acceptors (Lipinski definition) is 4. The molecule has 1 aromatic rings. The molecule has 0 aromatic heterocycles. The Morgan fingerprint density at radius 2 is 1.89 bits per heavy atom. The van der Waals surface area contributed by atoms with Crippen molar-refractivity contribution in [2.45, 2.75) is 25.8 Å². The van der Waals surface area contributed by atoms with E-state index in [-0.39, 0.29) is 24.0 Å². The predicted octanol–water partition coefficient (Wildman–Crippen LogP) is 2.40.